The number of carbonyl (C=O) groups excluding carboxylic acids is 1. The zero-order valence-corrected chi connectivity index (χ0v) is 17.8. The fourth-order valence-electron chi connectivity index (χ4n) is 3.63. The van der Waals surface area contributed by atoms with Crippen LogP contribution in [0.25, 0.3) is 5.83 Å². The summed E-state index contributed by atoms with van der Waals surface area (Å²) in [5, 5.41) is 11.5. The molecule has 4 rings (SSSR count). The van der Waals surface area contributed by atoms with Gasteiger partial charge in [-0.3, -0.25) is 4.79 Å². The summed E-state index contributed by atoms with van der Waals surface area (Å²) in [4.78, 5) is 14.0. The molecule has 2 aromatic rings. The summed E-state index contributed by atoms with van der Waals surface area (Å²) in [5.41, 5.74) is -1.78. The van der Waals surface area contributed by atoms with Crippen LogP contribution in [0.1, 0.15) is 53.0 Å². The first-order valence-electron chi connectivity index (χ1n) is 10.3. The average Bonchev–Trinajstić information content (AvgIpc) is 3.45. The highest BCUT2D eigenvalue weighted by Crippen LogP contribution is 2.39. The van der Waals surface area contributed by atoms with Crippen LogP contribution in [0.15, 0.2) is 23.8 Å². The molecular formula is C21H21F5N4OS. The third-order valence-electron chi connectivity index (χ3n) is 5.62. The Morgan fingerprint density at radius 1 is 1.19 bits per heavy atom. The van der Waals surface area contributed by atoms with E-state index >= 15 is 0 Å². The highest BCUT2D eigenvalue weighted by Gasteiger charge is 2.35. The number of amides is 1. The van der Waals surface area contributed by atoms with Gasteiger partial charge in [0.05, 0.1) is 5.56 Å². The zero-order chi connectivity index (χ0) is 22.9. The van der Waals surface area contributed by atoms with Crippen LogP contribution < -0.4 is 10.2 Å². The molecule has 1 amide bonds. The fraction of sp³-hybridized carbons (Fsp3) is 0.476. The lowest BCUT2D eigenvalue weighted by molar-refractivity contribution is -0.137. The number of hydrogen-bond donors (Lipinski definition) is 1. The van der Waals surface area contributed by atoms with Gasteiger partial charge >= 0.3 is 6.18 Å². The van der Waals surface area contributed by atoms with Crippen molar-refractivity contribution in [3.63, 3.8) is 0 Å². The molecule has 0 unspecified atom stereocenters. The highest BCUT2D eigenvalue weighted by atomic mass is 32.1. The van der Waals surface area contributed by atoms with E-state index in [-0.39, 0.29) is 29.3 Å². The predicted molar refractivity (Wildman–Crippen MR) is 110 cm³/mol. The molecule has 32 heavy (non-hydrogen) atoms. The quantitative estimate of drug-likeness (QED) is 0.587. The van der Waals surface area contributed by atoms with E-state index in [1.807, 2.05) is 4.90 Å². The number of hydrogen-bond acceptors (Lipinski definition) is 5. The normalized spacial score (nSPS) is 16.9. The monoisotopic (exact) mass is 472 g/mol. The molecule has 0 atom stereocenters. The van der Waals surface area contributed by atoms with E-state index in [9.17, 15) is 26.7 Å². The second-order valence-corrected chi connectivity index (χ2v) is 8.93. The first-order chi connectivity index (χ1) is 15.2. The maximum absolute atomic E-state index is 14.9. The molecule has 1 N–H and O–H groups in total. The predicted octanol–water partition coefficient (Wildman–Crippen LogP) is 5.21. The number of piperidine rings is 1. The van der Waals surface area contributed by atoms with Crippen LogP contribution >= 0.6 is 11.3 Å². The summed E-state index contributed by atoms with van der Waals surface area (Å²) in [7, 11) is 0. The first-order valence-corrected chi connectivity index (χ1v) is 11.2. The minimum Gasteiger partial charge on any atom is -0.350 e. The van der Waals surface area contributed by atoms with Crippen molar-refractivity contribution in [2.75, 3.05) is 24.5 Å². The SMILES string of the molecule is O=C(NCCC1CC1)c1nnc(N2CCC(=C(F)c3cc(F)ccc3C(F)(F)F)CC2)s1. The van der Waals surface area contributed by atoms with Gasteiger partial charge in [-0.2, -0.15) is 13.2 Å². The summed E-state index contributed by atoms with van der Waals surface area (Å²) < 4.78 is 68.1. The fourth-order valence-corrected chi connectivity index (χ4v) is 4.44. The van der Waals surface area contributed by atoms with Crippen molar-refractivity contribution in [1.29, 1.82) is 0 Å². The van der Waals surface area contributed by atoms with Gasteiger partial charge in [-0.05, 0) is 49.0 Å². The molecule has 11 heteroatoms. The molecule has 5 nitrogen and oxygen atoms in total. The number of halogens is 5. The summed E-state index contributed by atoms with van der Waals surface area (Å²) in [5.74, 6) is -1.55. The topological polar surface area (TPSA) is 58.1 Å². The average molecular weight is 472 g/mol. The van der Waals surface area contributed by atoms with Gasteiger partial charge in [0.15, 0.2) is 0 Å². The first kappa shape index (κ1) is 22.6. The number of carbonyl (C=O) groups is 1. The molecule has 172 valence electrons. The van der Waals surface area contributed by atoms with Crippen molar-refractivity contribution >= 4 is 28.2 Å². The number of benzene rings is 1. The third kappa shape index (κ3) is 5.25. The maximum Gasteiger partial charge on any atom is 0.417 e. The lowest BCUT2D eigenvalue weighted by Gasteiger charge is -2.28. The van der Waals surface area contributed by atoms with Gasteiger partial charge in [-0.25, -0.2) is 8.78 Å². The van der Waals surface area contributed by atoms with Gasteiger partial charge in [0.1, 0.15) is 11.6 Å². The Bertz CT molecular complexity index is 1020. The van der Waals surface area contributed by atoms with Crippen molar-refractivity contribution in [2.45, 2.75) is 38.3 Å². The number of rotatable bonds is 6. The summed E-state index contributed by atoms with van der Waals surface area (Å²) in [6.07, 6.45) is -1.11. The van der Waals surface area contributed by atoms with Gasteiger partial charge in [0.2, 0.25) is 10.1 Å². The molecule has 1 saturated heterocycles. The zero-order valence-electron chi connectivity index (χ0n) is 17.0. The molecule has 1 aliphatic heterocycles. The lowest BCUT2D eigenvalue weighted by atomic mass is 9.97. The smallest absolute Gasteiger partial charge is 0.350 e. The molecule has 0 radical (unpaired) electrons. The third-order valence-corrected chi connectivity index (χ3v) is 6.60. The number of nitrogens with one attached hydrogen (secondary N) is 1. The molecular weight excluding hydrogens is 451 g/mol. The van der Waals surface area contributed by atoms with Crippen molar-refractivity contribution < 1.29 is 26.7 Å². The van der Waals surface area contributed by atoms with Gasteiger partial charge in [-0.1, -0.05) is 24.2 Å². The number of nitrogens with zero attached hydrogens (tertiary/aromatic N) is 3. The van der Waals surface area contributed by atoms with Crippen LogP contribution in [0.4, 0.5) is 27.1 Å². The summed E-state index contributed by atoms with van der Waals surface area (Å²) in [6, 6.07) is 1.80. The van der Waals surface area contributed by atoms with Crippen molar-refractivity contribution in [3.8, 4) is 0 Å². The van der Waals surface area contributed by atoms with Crippen LogP contribution in [0, 0.1) is 11.7 Å². The van der Waals surface area contributed by atoms with E-state index in [0.29, 0.717) is 48.9 Å². The second kappa shape index (κ2) is 9.13. The Morgan fingerprint density at radius 2 is 1.91 bits per heavy atom. The van der Waals surface area contributed by atoms with E-state index in [0.717, 1.165) is 17.8 Å². The van der Waals surface area contributed by atoms with Crippen LogP contribution in [-0.2, 0) is 6.18 Å². The Hall–Kier alpha value is -2.56. The van der Waals surface area contributed by atoms with Gasteiger partial charge in [0, 0.05) is 25.2 Å². The lowest BCUT2D eigenvalue weighted by Crippen LogP contribution is -2.30. The summed E-state index contributed by atoms with van der Waals surface area (Å²) in [6.45, 7) is 1.20. The molecule has 1 aromatic heterocycles. The standard InChI is InChI=1S/C21H21F5N4OS/c22-14-3-4-16(21(24,25)26)15(11-14)17(23)13-6-9-30(10-7-13)20-29-28-19(32-20)18(31)27-8-5-12-1-2-12/h3-4,11-12H,1-2,5-10H2,(H,27,31). The molecule has 2 heterocycles. The minimum atomic E-state index is -4.79. The van der Waals surface area contributed by atoms with Crippen molar-refractivity contribution in [3.05, 3.63) is 45.7 Å². The van der Waals surface area contributed by atoms with E-state index in [1.54, 1.807) is 0 Å². The molecule has 1 aromatic carbocycles. The highest BCUT2D eigenvalue weighted by molar-refractivity contribution is 7.17. The van der Waals surface area contributed by atoms with E-state index in [4.69, 9.17) is 0 Å². The molecule has 0 bridgehead atoms. The molecule has 1 aliphatic carbocycles. The van der Waals surface area contributed by atoms with Crippen molar-refractivity contribution in [1.82, 2.24) is 15.5 Å². The number of alkyl halides is 3. The molecule has 2 aliphatic rings. The van der Waals surface area contributed by atoms with Gasteiger partial charge < -0.3 is 10.2 Å². The molecule has 1 saturated carbocycles. The van der Waals surface area contributed by atoms with Crippen molar-refractivity contribution in [2.24, 2.45) is 5.92 Å². The molecule has 2 fully saturated rings. The summed E-state index contributed by atoms with van der Waals surface area (Å²) >= 11 is 1.12. The van der Waals surface area contributed by atoms with Crippen LogP contribution in [0.5, 0.6) is 0 Å². The van der Waals surface area contributed by atoms with Gasteiger partial charge in [-0.15, -0.1) is 10.2 Å². The number of anilines is 1. The van der Waals surface area contributed by atoms with Gasteiger partial charge in [0.25, 0.3) is 5.91 Å². The minimum absolute atomic E-state index is 0.155. The van der Waals surface area contributed by atoms with E-state index < -0.39 is 28.9 Å². The Morgan fingerprint density at radius 3 is 2.56 bits per heavy atom. The van der Waals surface area contributed by atoms with Crippen LogP contribution in [0.2, 0.25) is 0 Å². The molecule has 0 spiro atoms. The number of aromatic nitrogens is 2. The van der Waals surface area contributed by atoms with E-state index in [2.05, 4.69) is 15.5 Å². The van der Waals surface area contributed by atoms with Crippen LogP contribution in [-0.4, -0.2) is 35.7 Å². The Kier molecular flexibility index (Phi) is 6.45. The largest absolute Gasteiger partial charge is 0.417 e. The maximum atomic E-state index is 14.9. The Labute approximate surface area is 185 Å². The Balaban J connectivity index is 1.41. The second-order valence-electron chi connectivity index (χ2n) is 7.97. The van der Waals surface area contributed by atoms with E-state index in [1.165, 1.54) is 12.8 Å². The van der Waals surface area contributed by atoms with Crippen LogP contribution in [0.3, 0.4) is 0 Å².